The highest BCUT2D eigenvalue weighted by atomic mass is 31.2. The standard InChI is InChI=1S/C31H40O3P2/c1-25(2)30-21-20-26(3)24-31(30)34-36(33,29-18-11-6-12-19-29)23-13-22-35(32,27-14-7-4-8-15-27)28-16-9-5-10-17-28/h4-12,14-19,25-26,30-31H,13,20-24H2,1-3H3/t26-,30+,31-,36+/m1/s1. The van der Waals surface area contributed by atoms with Crippen LogP contribution >= 0.6 is 14.5 Å². The van der Waals surface area contributed by atoms with Crippen molar-refractivity contribution in [3.8, 4) is 0 Å². The fraction of sp³-hybridized carbons (Fsp3) is 0.419. The highest BCUT2D eigenvalue weighted by Gasteiger charge is 2.38. The van der Waals surface area contributed by atoms with Crippen molar-refractivity contribution in [3.63, 3.8) is 0 Å². The van der Waals surface area contributed by atoms with Gasteiger partial charge in [-0.1, -0.05) is 106 Å². The Morgan fingerprint density at radius 1 is 0.750 bits per heavy atom. The van der Waals surface area contributed by atoms with E-state index >= 15 is 0 Å². The minimum Gasteiger partial charge on any atom is -0.322 e. The summed E-state index contributed by atoms with van der Waals surface area (Å²) in [5, 5.41) is 2.49. The maximum atomic E-state index is 14.6. The third-order valence-electron chi connectivity index (χ3n) is 7.69. The monoisotopic (exact) mass is 522 g/mol. The fourth-order valence-electron chi connectivity index (χ4n) is 5.60. The van der Waals surface area contributed by atoms with Gasteiger partial charge in [-0.05, 0) is 49.1 Å². The highest BCUT2D eigenvalue weighted by molar-refractivity contribution is 7.78. The molecule has 36 heavy (non-hydrogen) atoms. The van der Waals surface area contributed by atoms with Gasteiger partial charge in [0.25, 0.3) is 0 Å². The molecule has 1 saturated carbocycles. The van der Waals surface area contributed by atoms with Gasteiger partial charge in [-0.3, -0.25) is 4.57 Å². The van der Waals surface area contributed by atoms with Gasteiger partial charge in [-0.25, -0.2) is 0 Å². The molecule has 0 radical (unpaired) electrons. The Bertz CT molecular complexity index is 1130. The van der Waals surface area contributed by atoms with Crippen molar-refractivity contribution in [1.82, 2.24) is 0 Å². The van der Waals surface area contributed by atoms with Crippen LogP contribution in [0.1, 0.15) is 46.5 Å². The summed E-state index contributed by atoms with van der Waals surface area (Å²) in [5.41, 5.74) is 0. The van der Waals surface area contributed by atoms with Crippen LogP contribution in [0.3, 0.4) is 0 Å². The molecule has 3 nitrogen and oxygen atoms in total. The summed E-state index contributed by atoms with van der Waals surface area (Å²) in [7, 11) is -5.99. The van der Waals surface area contributed by atoms with Crippen LogP contribution in [0.5, 0.6) is 0 Å². The molecule has 0 bridgehead atoms. The summed E-state index contributed by atoms with van der Waals surface area (Å²) in [6, 6.07) is 29.2. The summed E-state index contributed by atoms with van der Waals surface area (Å²) >= 11 is 0. The second kappa shape index (κ2) is 12.1. The van der Waals surface area contributed by atoms with E-state index in [1.165, 1.54) is 6.42 Å². The van der Waals surface area contributed by atoms with E-state index in [9.17, 15) is 9.13 Å². The molecular weight excluding hydrogens is 482 g/mol. The van der Waals surface area contributed by atoms with E-state index in [0.29, 0.717) is 36.5 Å². The van der Waals surface area contributed by atoms with Gasteiger partial charge in [-0.15, -0.1) is 0 Å². The zero-order valence-electron chi connectivity index (χ0n) is 21.8. The quantitative estimate of drug-likeness (QED) is 0.260. The third kappa shape index (κ3) is 6.31. The van der Waals surface area contributed by atoms with Crippen LogP contribution in [0.2, 0.25) is 0 Å². The summed E-state index contributed by atoms with van der Waals surface area (Å²) in [6.07, 6.45) is 4.71. The maximum absolute atomic E-state index is 14.6. The Kier molecular flexibility index (Phi) is 9.10. The molecule has 192 valence electrons. The van der Waals surface area contributed by atoms with Crippen molar-refractivity contribution >= 4 is 30.4 Å². The molecular formula is C31H40O3P2. The second-order valence-electron chi connectivity index (χ2n) is 10.7. The number of hydrogen-bond donors (Lipinski definition) is 0. The molecule has 5 heteroatoms. The second-order valence-corrected chi connectivity index (χ2v) is 16.2. The van der Waals surface area contributed by atoms with E-state index < -0.39 is 14.5 Å². The van der Waals surface area contributed by atoms with Crippen molar-refractivity contribution in [2.75, 3.05) is 12.3 Å². The van der Waals surface area contributed by atoms with Crippen molar-refractivity contribution < 1.29 is 13.7 Å². The number of hydrogen-bond acceptors (Lipinski definition) is 3. The molecule has 0 heterocycles. The lowest BCUT2D eigenvalue weighted by Crippen LogP contribution is -2.35. The van der Waals surface area contributed by atoms with E-state index in [1.807, 2.05) is 91.0 Å². The molecule has 3 aromatic rings. The Balaban J connectivity index is 1.60. The summed E-state index contributed by atoms with van der Waals surface area (Å²) in [6.45, 7) is 6.78. The topological polar surface area (TPSA) is 43.4 Å². The van der Waals surface area contributed by atoms with Gasteiger partial charge in [0.05, 0.1) is 6.10 Å². The van der Waals surface area contributed by atoms with Crippen LogP contribution in [0, 0.1) is 17.8 Å². The van der Waals surface area contributed by atoms with Crippen LogP contribution < -0.4 is 15.9 Å². The molecule has 4 rings (SSSR count). The van der Waals surface area contributed by atoms with E-state index in [4.69, 9.17) is 4.52 Å². The van der Waals surface area contributed by atoms with Crippen molar-refractivity contribution in [2.24, 2.45) is 17.8 Å². The van der Waals surface area contributed by atoms with Crippen LogP contribution in [-0.2, 0) is 13.7 Å². The Labute approximate surface area is 217 Å². The van der Waals surface area contributed by atoms with Gasteiger partial charge in [0, 0.05) is 28.2 Å². The predicted octanol–water partition coefficient (Wildman–Crippen LogP) is 7.47. The van der Waals surface area contributed by atoms with E-state index in [1.54, 1.807) is 0 Å². The van der Waals surface area contributed by atoms with Gasteiger partial charge in [0.1, 0.15) is 7.14 Å². The number of rotatable bonds is 10. The Morgan fingerprint density at radius 2 is 1.25 bits per heavy atom. The van der Waals surface area contributed by atoms with Gasteiger partial charge in [0.15, 0.2) is 0 Å². The molecule has 0 N–H and O–H groups in total. The lowest BCUT2D eigenvalue weighted by Gasteiger charge is -2.39. The fourth-order valence-corrected chi connectivity index (χ4v) is 10.9. The van der Waals surface area contributed by atoms with Gasteiger partial charge < -0.3 is 9.09 Å². The highest BCUT2D eigenvalue weighted by Crippen LogP contribution is 2.53. The number of benzene rings is 3. The Morgan fingerprint density at radius 3 is 1.75 bits per heavy atom. The largest absolute Gasteiger partial charge is 0.322 e. The van der Waals surface area contributed by atoms with E-state index in [2.05, 4.69) is 20.8 Å². The van der Waals surface area contributed by atoms with Crippen LogP contribution in [0.4, 0.5) is 0 Å². The minimum atomic E-state index is -3.13. The molecule has 0 unspecified atom stereocenters. The first kappa shape index (κ1) is 27.1. The van der Waals surface area contributed by atoms with Crippen molar-refractivity contribution in [3.05, 3.63) is 91.0 Å². The zero-order chi connectivity index (χ0) is 25.6. The molecule has 0 amide bonds. The van der Waals surface area contributed by atoms with Gasteiger partial charge in [-0.2, -0.15) is 0 Å². The normalized spacial score (nSPS) is 22.3. The molecule has 3 aromatic carbocycles. The van der Waals surface area contributed by atoms with Crippen LogP contribution in [0.25, 0.3) is 0 Å². The lowest BCUT2D eigenvalue weighted by atomic mass is 9.75. The van der Waals surface area contributed by atoms with Gasteiger partial charge >= 0.3 is 0 Å². The SMILES string of the molecule is CC(C)[C@@H]1CC[C@@H](C)C[C@H]1O[P@@](=O)(CCCP(=O)(c1ccccc1)c1ccccc1)c1ccccc1. The average Bonchev–Trinajstić information content (AvgIpc) is 2.90. The minimum absolute atomic E-state index is 0.00478. The molecule has 0 saturated heterocycles. The summed E-state index contributed by atoms with van der Waals surface area (Å²) < 4.78 is 35.8. The van der Waals surface area contributed by atoms with E-state index in [0.717, 1.165) is 28.8 Å². The predicted molar refractivity (Wildman–Crippen MR) is 154 cm³/mol. The van der Waals surface area contributed by atoms with E-state index in [-0.39, 0.29) is 6.10 Å². The van der Waals surface area contributed by atoms with Gasteiger partial charge in [0.2, 0.25) is 7.37 Å². The molecule has 0 aromatic heterocycles. The Hall–Kier alpha value is -1.92. The molecule has 4 atom stereocenters. The maximum Gasteiger partial charge on any atom is 0.232 e. The molecule has 1 aliphatic rings. The first-order valence-electron chi connectivity index (χ1n) is 13.4. The van der Waals surface area contributed by atoms with Crippen LogP contribution in [0.15, 0.2) is 91.0 Å². The van der Waals surface area contributed by atoms with Crippen LogP contribution in [-0.4, -0.2) is 18.4 Å². The molecule has 0 aliphatic heterocycles. The molecule has 1 aliphatic carbocycles. The smallest absolute Gasteiger partial charge is 0.232 e. The molecule has 1 fully saturated rings. The average molecular weight is 523 g/mol. The van der Waals surface area contributed by atoms with Crippen molar-refractivity contribution in [2.45, 2.75) is 52.6 Å². The molecule has 0 spiro atoms. The summed E-state index contributed by atoms with van der Waals surface area (Å²) in [5.74, 6) is 1.48. The summed E-state index contributed by atoms with van der Waals surface area (Å²) in [4.78, 5) is 0. The first-order valence-corrected chi connectivity index (χ1v) is 17.1. The van der Waals surface area contributed by atoms with Crippen molar-refractivity contribution in [1.29, 1.82) is 0 Å². The lowest BCUT2D eigenvalue weighted by molar-refractivity contribution is 0.0498. The third-order valence-corrected chi connectivity index (χ3v) is 13.5. The first-order chi connectivity index (χ1) is 17.3. The zero-order valence-corrected chi connectivity index (χ0v) is 23.6.